The number of thioether (sulfide) groups is 1. The summed E-state index contributed by atoms with van der Waals surface area (Å²) in [6.07, 6.45) is 4.89. The zero-order valence-corrected chi connectivity index (χ0v) is 12.8. The molecule has 0 saturated carbocycles. The van der Waals surface area contributed by atoms with Crippen LogP contribution < -0.4 is 0 Å². The van der Waals surface area contributed by atoms with Crippen LogP contribution in [-0.2, 0) is 27.8 Å². The van der Waals surface area contributed by atoms with Gasteiger partial charge in [-0.15, -0.1) is 0 Å². The predicted molar refractivity (Wildman–Crippen MR) is 81.4 cm³/mol. The fourth-order valence-corrected chi connectivity index (χ4v) is 3.30. The average molecular weight is 300 g/mol. The van der Waals surface area contributed by atoms with Gasteiger partial charge in [0.2, 0.25) is 0 Å². The van der Waals surface area contributed by atoms with Crippen molar-refractivity contribution in [1.82, 2.24) is 9.97 Å². The van der Waals surface area contributed by atoms with Gasteiger partial charge in [0.1, 0.15) is 5.41 Å². The smallest absolute Gasteiger partial charge is 0.318 e. The number of benzene rings is 1. The summed E-state index contributed by atoms with van der Waals surface area (Å²) < 4.78 is 5.09. The molecule has 1 aromatic heterocycles. The number of esters is 1. The molecule has 5 heteroatoms. The van der Waals surface area contributed by atoms with E-state index in [1.807, 2.05) is 24.5 Å². The van der Waals surface area contributed by atoms with Crippen molar-refractivity contribution >= 4 is 17.7 Å². The highest BCUT2D eigenvalue weighted by atomic mass is 32.2. The van der Waals surface area contributed by atoms with Crippen LogP contribution in [0, 0.1) is 0 Å². The van der Waals surface area contributed by atoms with Crippen LogP contribution in [0.1, 0.15) is 16.8 Å². The van der Waals surface area contributed by atoms with Crippen molar-refractivity contribution < 1.29 is 9.53 Å². The van der Waals surface area contributed by atoms with E-state index in [0.717, 1.165) is 5.69 Å². The molecule has 1 aromatic carbocycles. The average Bonchev–Trinajstić information content (AvgIpc) is 2.95. The molecule has 0 unspecified atom stereocenters. The number of ether oxygens (including phenoxy) is 1. The summed E-state index contributed by atoms with van der Waals surface area (Å²) in [6, 6.07) is 9.95. The van der Waals surface area contributed by atoms with Gasteiger partial charge in [-0.1, -0.05) is 36.0 Å². The van der Waals surface area contributed by atoms with Crippen LogP contribution in [0.3, 0.4) is 0 Å². The van der Waals surface area contributed by atoms with Gasteiger partial charge in [0.05, 0.1) is 12.8 Å². The third-order valence-electron chi connectivity index (χ3n) is 3.99. The molecule has 0 N–H and O–H groups in total. The van der Waals surface area contributed by atoms with Crippen molar-refractivity contribution in [2.24, 2.45) is 0 Å². The van der Waals surface area contributed by atoms with Gasteiger partial charge < -0.3 is 4.74 Å². The van der Waals surface area contributed by atoms with Gasteiger partial charge in [-0.2, -0.15) is 0 Å². The van der Waals surface area contributed by atoms with E-state index in [9.17, 15) is 4.79 Å². The Morgan fingerprint density at radius 2 is 1.90 bits per heavy atom. The lowest BCUT2D eigenvalue weighted by molar-refractivity contribution is -0.147. The zero-order valence-electron chi connectivity index (χ0n) is 12.0. The van der Waals surface area contributed by atoms with Crippen molar-refractivity contribution in [2.45, 2.75) is 23.4 Å². The molecular formula is C16H16N2O2S. The fraction of sp³-hybridized carbons (Fsp3) is 0.312. The molecule has 2 aromatic rings. The SMILES string of the molecule is COC(=O)C1(c2ccnc(SC)n2)Cc2ccccc2C1. The van der Waals surface area contributed by atoms with Gasteiger partial charge in [0.15, 0.2) is 5.16 Å². The first kappa shape index (κ1) is 14.1. The summed E-state index contributed by atoms with van der Waals surface area (Å²) in [4.78, 5) is 21.3. The minimum Gasteiger partial charge on any atom is -0.468 e. The number of rotatable bonds is 3. The van der Waals surface area contributed by atoms with Crippen molar-refractivity contribution in [1.29, 1.82) is 0 Å². The molecular weight excluding hydrogens is 284 g/mol. The maximum atomic E-state index is 12.5. The number of hydrogen-bond acceptors (Lipinski definition) is 5. The molecule has 0 saturated heterocycles. The van der Waals surface area contributed by atoms with Crippen molar-refractivity contribution in [3.63, 3.8) is 0 Å². The number of aromatic nitrogens is 2. The van der Waals surface area contributed by atoms with Crippen LogP contribution in [0.2, 0.25) is 0 Å². The Morgan fingerprint density at radius 1 is 1.24 bits per heavy atom. The Morgan fingerprint density at radius 3 is 2.48 bits per heavy atom. The second-order valence-electron chi connectivity index (χ2n) is 5.12. The molecule has 0 bridgehead atoms. The first-order chi connectivity index (χ1) is 10.2. The quantitative estimate of drug-likeness (QED) is 0.495. The Labute approximate surface area is 128 Å². The van der Waals surface area contributed by atoms with E-state index in [4.69, 9.17) is 4.74 Å². The normalized spacial score (nSPS) is 15.5. The van der Waals surface area contributed by atoms with E-state index in [-0.39, 0.29) is 5.97 Å². The topological polar surface area (TPSA) is 52.1 Å². The molecule has 0 aliphatic heterocycles. The van der Waals surface area contributed by atoms with Crippen LogP contribution in [0.5, 0.6) is 0 Å². The molecule has 0 spiro atoms. The fourth-order valence-electron chi connectivity index (χ4n) is 2.95. The summed E-state index contributed by atoms with van der Waals surface area (Å²) >= 11 is 1.47. The van der Waals surface area contributed by atoms with Gasteiger partial charge in [-0.25, -0.2) is 9.97 Å². The lowest BCUT2D eigenvalue weighted by Gasteiger charge is -2.25. The molecule has 0 radical (unpaired) electrons. The Hall–Kier alpha value is -1.88. The predicted octanol–water partition coefficient (Wildman–Crippen LogP) is 2.41. The molecule has 4 nitrogen and oxygen atoms in total. The summed E-state index contributed by atoms with van der Waals surface area (Å²) in [5.74, 6) is -0.232. The Bertz CT molecular complexity index is 662. The highest BCUT2D eigenvalue weighted by molar-refractivity contribution is 7.98. The number of nitrogens with zero attached hydrogens (tertiary/aromatic N) is 2. The van der Waals surface area contributed by atoms with Crippen molar-refractivity contribution in [2.75, 3.05) is 13.4 Å². The van der Waals surface area contributed by atoms with Crippen LogP contribution in [0.25, 0.3) is 0 Å². The maximum absolute atomic E-state index is 12.5. The van der Waals surface area contributed by atoms with E-state index in [1.165, 1.54) is 30.0 Å². The molecule has 1 aliphatic rings. The van der Waals surface area contributed by atoms with Crippen molar-refractivity contribution in [3.05, 3.63) is 53.3 Å². The zero-order chi connectivity index (χ0) is 14.9. The Kier molecular flexibility index (Phi) is 3.68. The second-order valence-corrected chi connectivity index (χ2v) is 5.90. The summed E-state index contributed by atoms with van der Waals surface area (Å²) in [5, 5.41) is 0.673. The minimum atomic E-state index is -0.730. The first-order valence-corrected chi connectivity index (χ1v) is 7.95. The number of methoxy groups -OCH3 is 1. The highest BCUT2D eigenvalue weighted by Crippen LogP contribution is 2.40. The number of hydrogen-bond donors (Lipinski definition) is 0. The largest absolute Gasteiger partial charge is 0.468 e. The van der Waals surface area contributed by atoms with E-state index < -0.39 is 5.41 Å². The van der Waals surface area contributed by atoms with Gasteiger partial charge in [-0.05, 0) is 36.3 Å². The van der Waals surface area contributed by atoms with Crippen LogP contribution in [0.15, 0.2) is 41.7 Å². The molecule has 3 rings (SSSR count). The van der Waals surface area contributed by atoms with Crippen LogP contribution in [0.4, 0.5) is 0 Å². The first-order valence-electron chi connectivity index (χ1n) is 6.72. The summed E-state index contributed by atoms with van der Waals surface area (Å²) in [6.45, 7) is 0. The molecule has 0 fully saturated rings. The number of carbonyl (C=O) groups is 1. The van der Waals surface area contributed by atoms with E-state index >= 15 is 0 Å². The molecule has 1 aliphatic carbocycles. The van der Waals surface area contributed by atoms with Gasteiger partial charge in [0, 0.05) is 6.20 Å². The molecule has 1 heterocycles. The Balaban J connectivity index is 2.10. The second kappa shape index (κ2) is 5.48. The lowest BCUT2D eigenvalue weighted by Crippen LogP contribution is -2.39. The van der Waals surface area contributed by atoms with Gasteiger partial charge in [-0.3, -0.25) is 4.79 Å². The van der Waals surface area contributed by atoms with Crippen LogP contribution >= 0.6 is 11.8 Å². The lowest BCUT2D eigenvalue weighted by atomic mass is 9.81. The molecule has 0 amide bonds. The molecule has 108 valence electrons. The van der Waals surface area contributed by atoms with E-state index in [1.54, 1.807) is 6.20 Å². The van der Waals surface area contributed by atoms with Crippen molar-refractivity contribution in [3.8, 4) is 0 Å². The minimum absolute atomic E-state index is 0.232. The van der Waals surface area contributed by atoms with E-state index in [0.29, 0.717) is 18.0 Å². The molecule has 21 heavy (non-hydrogen) atoms. The maximum Gasteiger partial charge on any atom is 0.318 e. The number of fused-ring (bicyclic) bond motifs is 1. The van der Waals surface area contributed by atoms with E-state index in [2.05, 4.69) is 22.1 Å². The third-order valence-corrected chi connectivity index (χ3v) is 4.55. The standard InChI is InChI=1S/C16H16N2O2S/c1-20-14(19)16(13-7-8-17-15(18-13)21-2)9-11-5-3-4-6-12(11)10-16/h3-8H,9-10H2,1-2H3. The van der Waals surface area contributed by atoms with Gasteiger partial charge >= 0.3 is 5.97 Å². The van der Waals surface area contributed by atoms with Crippen LogP contribution in [-0.4, -0.2) is 29.3 Å². The number of carbonyl (C=O) groups excluding carboxylic acids is 1. The molecule has 0 atom stereocenters. The summed E-state index contributed by atoms with van der Waals surface area (Å²) in [5.41, 5.74) is 2.38. The summed E-state index contributed by atoms with van der Waals surface area (Å²) in [7, 11) is 1.43. The highest BCUT2D eigenvalue weighted by Gasteiger charge is 2.47. The third kappa shape index (κ3) is 2.31. The van der Waals surface area contributed by atoms with Gasteiger partial charge in [0.25, 0.3) is 0 Å². The monoisotopic (exact) mass is 300 g/mol.